The van der Waals surface area contributed by atoms with E-state index in [0.29, 0.717) is 42.4 Å². The summed E-state index contributed by atoms with van der Waals surface area (Å²) in [4.78, 5) is 27.3. The molecule has 0 aliphatic carbocycles. The van der Waals surface area contributed by atoms with E-state index in [2.05, 4.69) is 15.5 Å². The Morgan fingerprint density at radius 3 is 2.90 bits per heavy atom. The number of hydrogen-bond acceptors (Lipinski definition) is 5. The van der Waals surface area contributed by atoms with Crippen LogP contribution in [-0.2, 0) is 0 Å². The van der Waals surface area contributed by atoms with Crippen LogP contribution >= 0.6 is 0 Å². The van der Waals surface area contributed by atoms with Gasteiger partial charge < -0.3 is 19.7 Å². The molecule has 0 bridgehead atoms. The molecule has 1 saturated heterocycles. The first-order valence-electron chi connectivity index (χ1n) is 9.91. The summed E-state index contributed by atoms with van der Waals surface area (Å²) >= 11 is 0. The third-order valence-electron chi connectivity index (χ3n) is 5.60. The molecule has 1 atom stereocenters. The van der Waals surface area contributed by atoms with E-state index in [4.69, 9.17) is 9.47 Å². The first-order chi connectivity index (χ1) is 13.9. The summed E-state index contributed by atoms with van der Waals surface area (Å²) in [6.45, 7) is 5.45. The minimum Gasteiger partial charge on any atom is -0.497 e. The topological polar surface area (TPSA) is 96.6 Å². The fourth-order valence-corrected chi connectivity index (χ4v) is 3.91. The highest BCUT2D eigenvalue weighted by molar-refractivity contribution is 5.97. The molecule has 2 N–H and O–H groups in total. The zero-order valence-electron chi connectivity index (χ0n) is 16.9. The molecule has 1 aromatic heterocycles. The summed E-state index contributed by atoms with van der Waals surface area (Å²) in [7, 11) is 1.57. The molecule has 2 aliphatic rings. The van der Waals surface area contributed by atoms with Gasteiger partial charge in [-0.25, -0.2) is 0 Å². The third kappa shape index (κ3) is 3.66. The number of rotatable bonds is 3. The van der Waals surface area contributed by atoms with E-state index < -0.39 is 5.60 Å². The van der Waals surface area contributed by atoms with E-state index in [0.717, 1.165) is 18.5 Å². The number of amides is 2. The first-order valence-corrected chi connectivity index (χ1v) is 9.91. The molecule has 29 heavy (non-hydrogen) atoms. The standard InChI is InChI=1S/C21H26N4O4/c1-13(2)16-10-17(24-23-16)20(27)25-8-4-7-21(12-25)11-22-19(26)15-6-5-14(28-3)9-18(15)29-21/h5-6,9-10,13H,4,7-8,11-12H2,1-3H3,(H,22,26)(H,23,24)/t21-/m0/s1. The van der Waals surface area contributed by atoms with Gasteiger partial charge in [-0.1, -0.05) is 13.8 Å². The van der Waals surface area contributed by atoms with Crippen LogP contribution in [0.1, 0.15) is 59.1 Å². The van der Waals surface area contributed by atoms with Crippen molar-refractivity contribution in [3.05, 3.63) is 41.2 Å². The van der Waals surface area contributed by atoms with Gasteiger partial charge in [0.05, 0.1) is 25.8 Å². The summed E-state index contributed by atoms with van der Waals surface area (Å²) < 4.78 is 11.7. The second kappa shape index (κ2) is 7.42. The number of aromatic nitrogens is 2. The molecular weight excluding hydrogens is 372 g/mol. The number of piperidine rings is 1. The highest BCUT2D eigenvalue weighted by Gasteiger charge is 2.42. The van der Waals surface area contributed by atoms with Crippen LogP contribution in [0.2, 0.25) is 0 Å². The number of fused-ring (bicyclic) bond motifs is 1. The molecule has 8 heteroatoms. The normalized spacial score (nSPS) is 21.4. The predicted octanol–water partition coefficient (Wildman–Crippen LogP) is 2.34. The van der Waals surface area contributed by atoms with Crippen molar-refractivity contribution in [2.45, 2.75) is 38.2 Å². The zero-order chi connectivity index (χ0) is 20.6. The largest absolute Gasteiger partial charge is 0.497 e. The van der Waals surface area contributed by atoms with Crippen LogP contribution in [0.4, 0.5) is 0 Å². The van der Waals surface area contributed by atoms with Gasteiger partial charge >= 0.3 is 0 Å². The van der Waals surface area contributed by atoms with E-state index in [9.17, 15) is 9.59 Å². The number of nitrogens with zero attached hydrogens (tertiary/aromatic N) is 2. The summed E-state index contributed by atoms with van der Waals surface area (Å²) in [5.74, 6) is 1.06. The minimum absolute atomic E-state index is 0.128. The third-order valence-corrected chi connectivity index (χ3v) is 5.60. The number of carbonyl (C=O) groups is 2. The summed E-state index contributed by atoms with van der Waals surface area (Å²) in [6, 6.07) is 6.97. The Balaban J connectivity index is 1.59. The van der Waals surface area contributed by atoms with Gasteiger partial charge in [0.1, 0.15) is 22.8 Å². The molecule has 0 unspecified atom stereocenters. The van der Waals surface area contributed by atoms with Crippen molar-refractivity contribution in [3.63, 3.8) is 0 Å². The molecule has 2 amide bonds. The average Bonchev–Trinajstić information content (AvgIpc) is 3.18. The molecule has 1 spiro atoms. The molecule has 4 rings (SSSR count). The quantitative estimate of drug-likeness (QED) is 0.827. The molecule has 2 aromatic rings. The van der Waals surface area contributed by atoms with E-state index in [1.165, 1.54) is 0 Å². The molecule has 2 aliphatic heterocycles. The fourth-order valence-electron chi connectivity index (χ4n) is 3.91. The predicted molar refractivity (Wildman–Crippen MR) is 107 cm³/mol. The Labute approximate surface area is 169 Å². The number of benzene rings is 1. The molecule has 1 aromatic carbocycles. The first kappa shape index (κ1) is 19.3. The van der Waals surface area contributed by atoms with Crippen molar-refractivity contribution in [1.82, 2.24) is 20.4 Å². The molecular formula is C21H26N4O4. The van der Waals surface area contributed by atoms with Gasteiger partial charge in [-0.05, 0) is 37.0 Å². The number of likely N-dealkylation sites (tertiary alicyclic amines) is 1. The fraction of sp³-hybridized carbons (Fsp3) is 0.476. The molecule has 1 fully saturated rings. The van der Waals surface area contributed by atoms with Crippen LogP contribution in [0.3, 0.4) is 0 Å². The number of carbonyl (C=O) groups excluding carboxylic acids is 2. The summed E-state index contributed by atoms with van der Waals surface area (Å²) in [5, 5.41) is 10.1. The maximum absolute atomic E-state index is 13.0. The highest BCUT2D eigenvalue weighted by atomic mass is 16.5. The van der Waals surface area contributed by atoms with Crippen molar-refractivity contribution in [2.75, 3.05) is 26.7 Å². The monoisotopic (exact) mass is 398 g/mol. The number of ether oxygens (including phenoxy) is 2. The molecule has 8 nitrogen and oxygen atoms in total. The van der Waals surface area contributed by atoms with Gasteiger partial charge in [0, 0.05) is 18.3 Å². The lowest BCUT2D eigenvalue weighted by molar-refractivity contribution is -0.00118. The average molecular weight is 398 g/mol. The van der Waals surface area contributed by atoms with Crippen LogP contribution in [0.25, 0.3) is 0 Å². The summed E-state index contributed by atoms with van der Waals surface area (Å²) in [5.41, 5.74) is 1.13. The van der Waals surface area contributed by atoms with Gasteiger partial charge in [-0.2, -0.15) is 5.10 Å². The number of methoxy groups -OCH3 is 1. The van der Waals surface area contributed by atoms with E-state index in [1.807, 2.05) is 19.9 Å². The molecule has 3 heterocycles. The maximum atomic E-state index is 13.0. The zero-order valence-corrected chi connectivity index (χ0v) is 16.9. The lowest BCUT2D eigenvalue weighted by atomic mass is 9.92. The van der Waals surface area contributed by atoms with Crippen LogP contribution in [0, 0.1) is 0 Å². The number of hydrogen-bond donors (Lipinski definition) is 2. The van der Waals surface area contributed by atoms with Crippen molar-refractivity contribution in [3.8, 4) is 11.5 Å². The van der Waals surface area contributed by atoms with Gasteiger partial charge in [-0.3, -0.25) is 14.7 Å². The molecule has 0 radical (unpaired) electrons. The van der Waals surface area contributed by atoms with Crippen LogP contribution in [0.15, 0.2) is 24.3 Å². The highest BCUT2D eigenvalue weighted by Crippen LogP contribution is 2.34. The van der Waals surface area contributed by atoms with Crippen LogP contribution < -0.4 is 14.8 Å². The van der Waals surface area contributed by atoms with Gasteiger partial charge in [0.15, 0.2) is 0 Å². The van der Waals surface area contributed by atoms with Gasteiger partial charge in [0.2, 0.25) is 0 Å². The van der Waals surface area contributed by atoms with E-state index in [1.54, 1.807) is 30.2 Å². The Morgan fingerprint density at radius 2 is 2.17 bits per heavy atom. The van der Waals surface area contributed by atoms with Crippen molar-refractivity contribution in [2.24, 2.45) is 0 Å². The lowest BCUT2D eigenvalue weighted by Gasteiger charge is -2.41. The lowest BCUT2D eigenvalue weighted by Crippen LogP contribution is -2.57. The Bertz CT molecular complexity index is 939. The smallest absolute Gasteiger partial charge is 0.274 e. The number of H-pyrrole nitrogens is 1. The molecule has 0 saturated carbocycles. The van der Waals surface area contributed by atoms with E-state index in [-0.39, 0.29) is 17.7 Å². The van der Waals surface area contributed by atoms with Gasteiger partial charge in [-0.15, -0.1) is 0 Å². The Hall–Kier alpha value is -3.03. The van der Waals surface area contributed by atoms with E-state index >= 15 is 0 Å². The van der Waals surface area contributed by atoms with Crippen LogP contribution in [0.5, 0.6) is 11.5 Å². The van der Waals surface area contributed by atoms with Crippen molar-refractivity contribution < 1.29 is 19.1 Å². The maximum Gasteiger partial charge on any atom is 0.274 e. The van der Waals surface area contributed by atoms with Crippen molar-refractivity contribution >= 4 is 11.8 Å². The second-order valence-electron chi connectivity index (χ2n) is 8.02. The number of nitrogens with one attached hydrogen (secondary N) is 2. The minimum atomic E-state index is -0.682. The SMILES string of the molecule is COc1ccc2c(c1)O[C@@]1(CCCN(C(=O)c3cc(C(C)C)[nH]n3)C1)CNC2=O. The summed E-state index contributed by atoms with van der Waals surface area (Å²) in [6.07, 6.45) is 1.52. The number of aromatic amines is 1. The molecule has 154 valence electrons. The Kier molecular flexibility index (Phi) is 4.94. The van der Waals surface area contributed by atoms with Crippen LogP contribution in [-0.4, -0.2) is 59.3 Å². The van der Waals surface area contributed by atoms with Gasteiger partial charge in [0.25, 0.3) is 11.8 Å². The second-order valence-corrected chi connectivity index (χ2v) is 8.02. The van der Waals surface area contributed by atoms with Crippen molar-refractivity contribution in [1.29, 1.82) is 0 Å². The Morgan fingerprint density at radius 1 is 1.34 bits per heavy atom.